The van der Waals surface area contributed by atoms with Gasteiger partial charge in [-0.2, -0.15) is 15.5 Å². The first-order valence-electron chi connectivity index (χ1n) is 13.1. The Bertz CT molecular complexity index is 1560. The van der Waals surface area contributed by atoms with Gasteiger partial charge in [-0.3, -0.25) is 14.5 Å². The average Bonchev–Trinajstić information content (AvgIpc) is 3.57. The lowest BCUT2D eigenvalue weighted by atomic mass is 9.91. The number of amides is 1. The van der Waals surface area contributed by atoms with Crippen LogP contribution < -0.4 is 10.6 Å². The second-order valence-electron chi connectivity index (χ2n) is 10.6. The molecule has 0 unspecified atom stereocenters. The van der Waals surface area contributed by atoms with Crippen molar-refractivity contribution >= 4 is 17.1 Å². The Hall–Kier alpha value is -4.37. The van der Waals surface area contributed by atoms with Gasteiger partial charge in [0, 0.05) is 12.2 Å². The van der Waals surface area contributed by atoms with Crippen LogP contribution in [0.3, 0.4) is 0 Å². The van der Waals surface area contributed by atoms with Gasteiger partial charge in [-0.1, -0.05) is 0 Å². The van der Waals surface area contributed by atoms with Crippen molar-refractivity contribution in [1.29, 1.82) is 5.26 Å². The second kappa shape index (κ2) is 11.0. The normalized spacial score (nSPS) is 18.3. The number of carbonyl (C=O) groups excluding carboxylic acids is 1. The van der Waals surface area contributed by atoms with E-state index in [0.29, 0.717) is 22.6 Å². The first-order valence-corrected chi connectivity index (χ1v) is 13.1. The minimum absolute atomic E-state index is 0.0316. The van der Waals surface area contributed by atoms with E-state index < -0.39 is 17.7 Å². The summed E-state index contributed by atoms with van der Waals surface area (Å²) < 4.78 is 31.1. The Morgan fingerprint density at radius 1 is 1.20 bits per heavy atom. The molecule has 1 aliphatic rings. The SMILES string of the molecule is CC(C)(O)[C@H](F)CNC(=O)c1cnc(-c2ccc3cc(C#N)cnn23)cc1NC1CCC(n2cc(F)cn2)CC1. The molecule has 0 aliphatic heterocycles. The maximum Gasteiger partial charge on any atom is 0.255 e. The number of fused-ring (bicyclic) bond motifs is 1. The lowest BCUT2D eigenvalue weighted by Gasteiger charge is -2.30. The van der Waals surface area contributed by atoms with Crippen molar-refractivity contribution in [1.82, 2.24) is 29.7 Å². The second-order valence-corrected chi connectivity index (χ2v) is 10.6. The largest absolute Gasteiger partial charge is 0.387 e. The van der Waals surface area contributed by atoms with Gasteiger partial charge in [-0.05, 0) is 63.8 Å². The van der Waals surface area contributed by atoms with Crippen LogP contribution in [0.15, 0.2) is 49.1 Å². The number of rotatable bonds is 8. The van der Waals surface area contributed by atoms with E-state index in [4.69, 9.17) is 0 Å². The predicted octanol–water partition coefficient (Wildman–Crippen LogP) is 4.04. The summed E-state index contributed by atoms with van der Waals surface area (Å²) in [5, 5.41) is 33.6. The standard InChI is InChI=1S/C28H30F2N8O2/c1-28(2,40)26(30)15-33-27(39)22-14-32-24(25-8-7-21-9-17(11-31)12-35-38(21)25)10-23(22)36-19-3-5-20(6-4-19)37-16-18(29)13-34-37/h7-10,12-14,16,19-20,26,40H,3-6,15H2,1-2H3,(H,32,36)(H,33,39)/t19?,20?,26-/m1/s1. The number of aliphatic hydroxyl groups is 1. The minimum atomic E-state index is -1.65. The van der Waals surface area contributed by atoms with E-state index in [0.717, 1.165) is 31.2 Å². The summed E-state index contributed by atoms with van der Waals surface area (Å²) in [5.74, 6) is -0.887. The molecule has 1 atom stereocenters. The number of pyridine rings is 1. The minimum Gasteiger partial charge on any atom is -0.387 e. The summed E-state index contributed by atoms with van der Waals surface area (Å²) in [7, 11) is 0. The number of carbonyl (C=O) groups is 1. The molecule has 4 aromatic rings. The van der Waals surface area contributed by atoms with Crippen LogP contribution in [-0.4, -0.2) is 59.8 Å². The van der Waals surface area contributed by atoms with Gasteiger partial charge < -0.3 is 15.7 Å². The van der Waals surface area contributed by atoms with Gasteiger partial charge in [-0.25, -0.2) is 13.3 Å². The monoisotopic (exact) mass is 548 g/mol. The molecule has 0 aromatic carbocycles. The lowest BCUT2D eigenvalue weighted by Crippen LogP contribution is -2.42. The van der Waals surface area contributed by atoms with Crippen molar-refractivity contribution in [3.05, 3.63) is 66.0 Å². The molecule has 1 aliphatic carbocycles. The molecule has 4 heterocycles. The highest BCUT2D eigenvalue weighted by Gasteiger charge is 2.28. The molecule has 5 rings (SSSR count). The van der Waals surface area contributed by atoms with Gasteiger partial charge in [0.05, 0.1) is 70.5 Å². The third-order valence-electron chi connectivity index (χ3n) is 7.25. The van der Waals surface area contributed by atoms with Crippen LogP contribution in [0.25, 0.3) is 16.9 Å². The molecule has 4 aromatic heterocycles. The molecule has 208 valence electrons. The van der Waals surface area contributed by atoms with Crippen molar-refractivity contribution in [2.45, 2.75) is 63.4 Å². The van der Waals surface area contributed by atoms with E-state index in [1.165, 1.54) is 38.6 Å². The maximum absolute atomic E-state index is 14.3. The summed E-state index contributed by atoms with van der Waals surface area (Å²) in [6, 6.07) is 9.34. The van der Waals surface area contributed by atoms with Gasteiger partial charge in [0.15, 0.2) is 5.82 Å². The zero-order chi connectivity index (χ0) is 28.4. The molecular weight excluding hydrogens is 518 g/mol. The van der Waals surface area contributed by atoms with Crippen LogP contribution in [0, 0.1) is 17.1 Å². The fraction of sp³-hybridized carbons (Fsp3) is 0.393. The van der Waals surface area contributed by atoms with Gasteiger partial charge in [0.25, 0.3) is 5.91 Å². The van der Waals surface area contributed by atoms with Crippen LogP contribution in [-0.2, 0) is 0 Å². The fourth-order valence-electron chi connectivity index (χ4n) is 4.90. The molecule has 10 nitrogen and oxygen atoms in total. The number of hydrogen-bond acceptors (Lipinski definition) is 7. The maximum atomic E-state index is 14.3. The van der Waals surface area contributed by atoms with Crippen LogP contribution in [0.4, 0.5) is 14.5 Å². The molecule has 1 saturated carbocycles. The molecule has 0 saturated heterocycles. The Labute approximate surface area is 229 Å². The number of alkyl halides is 1. The lowest BCUT2D eigenvalue weighted by molar-refractivity contribution is -0.00177. The summed E-state index contributed by atoms with van der Waals surface area (Å²) >= 11 is 0. The van der Waals surface area contributed by atoms with Crippen molar-refractivity contribution in [2.75, 3.05) is 11.9 Å². The molecular formula is C28H30F2N8O2. The van der Waals surface area contributed by atoms with Crippen molar-refractivity contribution in [3.8, 4) is 17.5 Å². The molecule has 1 fully saturated rings. The molecule has 12 heteroatoms. The molecule has 0 bridgehead atoms. The van der Waals surface area contributed by atoms with Gasteiger partial charge in [0.2, 0.25) is 0 Å². The summed E-state index contributed by atoms with van der Waals surface area (Å²) in [6.07, 6.45) is 6.95. The zero-order valence-corrected chi connectivity index (χ0v) is 22.2. The van der Waals surface area contributed by atoms with E-state index in [2.05, 4.69) is 31.9 Å². The molecule has 0 radical (unpaired) electrons. The van der Waals surface area contributed by atoms with Crippen LogP contribution in [0.2, 0.25) is 0 Å². The first-order chi connectivity index (χ1) is 19.1. The van der Waals surface area contributed by atoms with Crippen molar-refractivity contribution in [3.63, 3.8) is 0 Å². The number of halogens is 2. The average molecular weight is 549 g/mol. The molecule has 3 N–H and O–H groups in total. The van der Waals surface area contributed by atoms with Gasteiger partial charge in [-0.15, -0.1) is 0 Å². The van der Waals surface area contributed by atoms with E-state index in [-0.39, 0.29) is 30.0 Å². The number of anilines is 1. The Morgan fingerprint density at radius 3 is 2.65 bits per heavy atom. The predicted molar refractivity (Wildman–Crippen MR) is 144 cm³/mol. The third kappa shape index (κ3) is 5.79. The van der Waals surface area contributed by atoms with Crippen molar-refractivity contribution in [2.24, 2.45) is 0 Å². The molecule has 1 amide bonds. The number of aromatic nitrogens is 5. The molecule has 40 heavy (non-hydrogen) atoms. The van der Waals surface area contributed by atoms with Gasteiger partial charge in [0.1, 0.15) is 12.2 Å². The first kappa shape index (κ1) is 27.2. The Balaban J connectivity index is 1.40. The van der Waals surface area contributed by atoms with Crippen LogP contribution in [0.1, 0.15) is 61.5 Å². The van der Waals surface area contributed by atoms with Gasteiger partial charge >= 0.3 is 0 Å². The number of nitrogens with one attached hydrogen (secondary N) is 2. The smallest absolute Gasteiger partial charge is 0.255 e. The van der Waals surface area contributed by atoms with E-state index in [1.807, 2.05) is 12.1 Å². The number of hydrogen-bond donors (Lipinski definition) is 3. The van der Waals surface area contributed by atoms with E-state index in [1.54, 1.807) is 21.3 Å². The highest BCUT2D eigenvalue weighted by atomic mass is 19.1. The zero-order valence-electron chi connectivity index (χ0n) is 22.2. The quantitative estimate of drug-likeness (QED) is 0.303. The highest BCUT2D eigenvalue weighted by Crippen LogP contribution is 2.32. The summed E-state index contributed by atoms with van der Waals surface area (Å²) in [4.78, 5) is 17.6. The summed E-state index contributed by atoms with van der Waals surface area (Å²) in [6.45, 7) is 2.33. The molecule has 0 spiro atoms. The Kier molecular flexibility index (Phi) is 7.49. The van der Waals surface area contributed by atoms with E-state index >= 15 is 0 Å². The van der Waals surface area contributed by atoms with Crippen LogP contribution >= 0.6 is 0 Å². The number of nitrogens with zero attached hydrogens (tertiary/aromatic N) is 6. The Morgan fingerprint density at radius 2 is 1.98 bits per heavy atom. The topological polar surface area (TPSA) is 133 Å². The fourth-order valence-corrected chi connectivity index (χ4v) is 4.90. The van der Waals surface area contributed by atoms with Crippen molar-refractivity contribution < 1.29 is 18.7 Å². The summed E-state index contributed by atoms with van der Waals surface area (Å²) in [5.41, 5.74) is 1.55. The third-order valence-corrected chi connectivity index (χ3v) is 7.25. The van der Waals surface area contributed by atoms with Crippen LogP contribution in [0.5, 0.6) is 0 Å². The van der Waals surface area contributed by atoms with E-state index in [9.17, 15) is 23.9 Å². The highest BCUT2D eigenvalue weighted by molar-refractivity contribution is 6.00. The number of nitriles is 1.